The zero-order valence-corrected chi connectivity index (χ0v) is 5.53. The lowest BCUT2D eigenvalue weighted by Gasteiger charge is -1.59. The fourth-order valence-electron chi connectivity index (χ4n) is 0. The van der Waals surface area contributed by atoms with Crippen molar-refractivity contribution in [2.75, 3.05) is 7.05 Å². The van der Waals surface area contributed by atoms with Crippen molar-refractivity contribution in [2.45, 2.75) is 6.92 Å². The first kappa shape index (κ1) is 10.3. The molecular formula is C4H7NO2S. The maximum absolute atomic E-state index is 9.00. The second-order valence-corrected chi connectivity index (χ2v) is 1.02. The Bertz CT molecular complexity index is 103. The lowest BCUT2D eigenvalue weighted by atomic mass is 10.9. The monoisotopic (exact) mass is 133 g/mol. The number of rotatable bonds is 0. The zero-order valence-electron chi connectivity index (χ0n) is 4.71. The van der Waals surface area contributed by atoms with Crippen LogP contribution in [0.2, 0.25) is 0 Å². The number of aliphatic carboxylic acids is 1. The van der Waals surface area contributed by atoms with Gasteiger partial charge in [-0.05, 0) is 12.2 Å². The van der Waals surface area contributed by atoms with Gasteiger partial charge in [-0.1, -0.05) is 0 Å². The highest BCUT2D eigenvalue weighted by Crippen LogP contribution is 1.42. The first-order chi connectivity index (χ1) is 3.65. The number of carboxylic acid groups (broad SMARTS) is 1. The quantitative estimate of drug-likeness (QED) is 0.393. The van der Waals surface area contributed by atoms with Gasteiger partial charge >= 0.3 is 0 Å². The van der Waals surface area contributed by atoms with E-state index in [-0.39, 0.29) is 0 Å². The lowest BCUT2D eigenvalue weighted by molar-refractivity contribution is -0.134. The minimum absolute atomic E-state index is 0.833. The highest BCUT2D eigenvalue weighted by molar-refractivity contribution is 7.78. The summed E-state index contributed by atoms with van der Waals surface area (Å²) in [5, 5.41) is 9.56. The van der Waals surface area contributed by atoms with Crippen molar-refractivity contribution in [2.24, 2.45) is 4.99 Å². The van der Waals surface area contributed by atoms with Crippen molar-refractivity contribution in [3.63, 3.8) is 0 Å². The summed E-state index contributed by atoms with van der Waals surface area (Å²) in [6, 6.07) is 0. The molecule has 0 saturated carbocycles. The molecule has 0 radical (unpaired) electrons. The second kappa shape index (κ2) is 9.55. The third-order valence-electron chi connectivity index (χ3n) is 0.0913. The van der Waals surface area contributed by atoms with Gasteiger partial charge in [-0.25, -0.2) is 4.99 Å². The molecule has 0 aliphatic rings. The average Bonchev–Trinajstić information content (AvgIpc) is 1.65. The van der Waals surface area contributed by atoms with E-state index >= 15 is 0 Å². The number of nitrogens with zero attached hydrogens (tertiary/aromatic N) is 1. The van der Waals surface area contributed by atoms with Gasteiger partial charge in [0.2, 0.25) is 0 Å². The van der Waals surface area contributed by atoms with Crippen LogP contribution in [0.5, 0.6) is 0 Å². The summed E-state index contributed by atoms with van der Waals surface area (Å²) in [5.41, 5.74) is 0. The molecule has 0 aromatic rings. The van der Waals surface area contributed by atoms with Crippen molar-refractivity contribution < 1.29 is 9.90 Å². The molecule has 0 aliphatic heterocycles. The molecule has 0 fully saturated rings. The maximum atomic E-state index is 9.00. The van der Waals surface area contributed by atoms with Crippen LogP contribution in [-0.2, 0) is 4.79 Å². The highest BCUT2D eigenvalue weighted by atomic mass is 32.1. The van der Waals surface area contributed by atoms with Crippen LogP contribution in [-0.4, -0.2) is 23.3 Å². The average molecular weight is 133 g/mol. The van der Waals surface area contributed by atoms with E-state index < -0.39 is 5.97 Å². The Labute approximate surface area is 53.0 Å². The van der Waals surface area contributed by atoms with Gasteiger partial charge in [0.1, 0.15) is 0 Å². The predicted octanol–water partition coefficient (Wildman–Crippen LogP) is 0.810. The molecule has 0 aliphatic carbocycles. The Hall–Kier alpha value is -0.730. The summed E-state index contributed by atoms with van der Waals surface area (Å²) < 4.78 is 0. The summed E-state index contributed by atoms with van der Waals surface area (Å²) >= 11 is 4.14. The Balaban J connectivity index is 0. The number of hydrogen-bond donors (Lipinski definition) is 1. The molecule has 0 spiro atoms. The molecular weight excluding hydrogens is 126 g/mol. The van der Waals surface area contributed by atoms with Crippen LogP contribution in [0.3, 0.4) is 0 Å². The van der Waals surface area contributed by atoms with Gasteiger partial charge in [-0.3, -0.25) is 4.79 Å². The number of carboxylic acids is 1. The molecule has 4 heteroatoms. The SMILES string of the molecule is CC(=O)O.CN=C=S. The molecule has 0 unspecified atom stereocenters. The smallest absolute Gasteiger partial charge is 0.300 e. The molecule has 0 heterocycles. The van der Waals surface area contributed by atoms with E-state index in [1.165, 1.54) is 0 Å². The fraction of sp³-hybridized carbons (Fsp3) is 0.500. The number of carbonyl (C=O) groups is 1. The van der Waals surface area contributed by atoms with Gasteiger partial charge < -0.3 is 5.11 Å². The molecule has 0 saturated heterocycles. The van der Waals surface area contributed by atoms with Gasteiger partial charge in [-0.2, -0.15) is 0 Å². The number of hydrogen-bond acceptors (Lipinski definition) is 3. The van der Waals surface area contributed by atoms with Crippen molar-refractivity contribution in [3.05, 3.63) is 0 Å². The second-order valence-electron chi connectivity index (χ2n) is 0.834. The zero-order chi connectivity index (χ0) is 6.99. The van der Waals surface area contributed by atoms with E-state index in [2.05, 4.69) is 22.4 Å². The minimum atomic E-state index is -0.833. The van der Waals surface area contributed by atoms with E-state index in [1.54, 1.807) is 7.05 Å². The topological polar surface area (TPSA) is 49.7 Å². The molecule has 8 heavy (non-hydrogen) atoms. The predicted molar refractivity (Wildman–Crippen MR) is 34.3 cm³/mol. The summed E-state index contributed by atoms with van der Waals surface area (Å²) in [4.78, 5) is 12.3. The largest absolute Gasteiger partial charge is 0.481 e. The van der Waals surface area contributed by atoms with Crippen LogP contribution >= 0.6 is 12.2 Å². The summed E-state index contributed by atoms with van der Waals surface area (Å²) in [6.07, 6.45) is 0. The van der Waals surface area contributed by atoms with Crippen molar-refractivity contribution in [3.8, 4) is 0 Å². The first-order valence-corrected chi connectivity index (χ1v) is 2.21. The van der Waals surface area contributed by atoms with Crippen LogP contribution in [0, 0.1) is 0 Å². The molecule has 0 atom stereocenters. The Kier molecular flexibility index (Phi) is 12.3. The fourth-order valence-corrected chi connectivity index (χ4v) is 0. The van der Waals surface area contributed by atoms with Gasteiger partial charge in [0.05, 0.1) is 5.16 Å². The van der Waals surface area contributed by atoms with E-state index in [0.29, 0.717) is 0 Å². The molecule has 0 aromatic carbocycles. The summed E-state index contributed by atoms with van der Waals surface area (Å²) in [5.74, 6) is -0.833. The molecule has 0 amide bonds. The van der Waals surface area contributed by atoms with Gasteiger partial charge in [0.15, 0.2) is 0 Å². The number of isothiocyanates is 1. The lowest BCUT2D eigenvalue weighted by Crippen LogP contribution is -1.78. The number of thiocarbonyl (C=S) groups is 1. The van der Waals surface area contributed by atoms with Crippen LogP contribution in [0.4, 0.5) is 0 Å². The van der Waals surface area contributed by atoms with Crippen LogP contribution in [0.1, 0.15) is 6.92 Å². The van der Waals surface area contributed by atoms with E-state index in [1.807, 2.05) is 0 Å². The van der Waals surface area contributed by atoms with Gasteiger partial charge in [0.25, 0.3) is 5.97 Å². The first-order valence-electron chi connectivity index (χ1n) is 1.80. The maximum Gasteiger partial charge on any atom is 0.300 e. The third-order valence-corrected chi connectivity index (χ3v) is 0.274. The van der Waals surface area contributed by atoms with Crippen molar-refractivity contribution >= 4 is 23.3 Å². The molecule has 3 nitrogen and oxygen atoms in total. The van der Waals surface area contributed by atoms with Crippen LogP contribution < -0.4 is 0 Å². The van der Waals surface area contributed by atoms with E-state index in [4.69, 9.17) is 9.90 Å². The third kappa shape index (κ3) is 1320. The Morgan fingerprint density at radius 2 is 2.00 bits per heavy atom. The molecule has 0 aromatic heterocycles. The van der Waals surface area contributed by atoms with Crippen molar-refractivity contribution in [1.29, 1.82) is 0 Å². The molecule has 0 bridgehead atoms. The number of aliphatic imine (C=N–C) groups is 1. The standard InChI is InChI=1S/C2H3NS.C2H4O2/c1-3-2-4;1-2(3)4/h1H3;1H3,(H,3,4). The Morgan fingerprint density at radius 1 is 1.88 bits per heavy atom. The summed E-state index contributed by atoms with van der Waals surface area (Å²) in [7, 11) is 1.59. The van der Waals surface area contributed by atoms with Gasteiger partial charge in [0, 0.05) is 14.0 Å². The normalized spacial score (nSPS) is 5.25. The molecule has 1 N–H and O–H groups in total. The van der Waals surface area contributed by atoms with E-state index in [0.717, 1.165) is 6.92 Å². The Morgan fingerprint density at radius 3 is 2.00 bits per heavy atom. The highest BCUT2D eigenvalue weighted by Gasteiger charge is 1.65. The van der Waals surface area contributed by atoms with E-state index in [9.17, 15) is 0 Å². The van der Waals surface area contributed by atoms with Crippen LogP contribution in [0.25, 0.3) is 0 Å². The van der Waals surface area contributed by atoms with Crippen LogP contribution in [0.15, 0.2) is 4.99 Å². The minimum Gasteiger partial charge on any atom is -0.481 e. The molecule has 0 rings (SSSR count). The van der Waals surface area contributed by atoms with Gasteiger partial charge in [-0.15, -0.1) is 0 Å². The van der Waals surface area contributed by atoms with Crippen molar-refractivity contribution in [1.82, 2.24) is 0 Å². The summed E-state index contributed by atoms with van der Waals surface area (Å²) in [6.45, 7) is 1.08. The molecule has 46 valence electrons.